The Balaban J connectivity index is 0.00000192. The van der Waals surface area contributed by atoms with Gasteiger partial charge in [0.2, 0.25) is 5.91 Å². The van der Waals surface area contributed by atoms with Crippen LogP contribution in [-0.4, -0.2) is 33.8 Å². The number of hydrogen-bond acceptors (Lipinski definition) is 4. The van der Waals surface area contributed by atoms with E-state index in [2.05, 4.69) is 20.8 Å². The molecule has 0 radical (unpaired) electrons. The third-order valence-electron chi connectivity index (χ3n) is 4.19. The fourth-order valence-corrected chi connectivity index (χ4v) is 2.72. The Morgan fingerprint density at radius 1 is 1.30 bits per heavy atom. The minimum Gasteiger partial charge on any atom is -0.326 e. The number of hydrogen-bond donors (Lipinski definition) is 2. The normalized spacial score (nSPS) is 15.0. The first-order chi connectivity index (χ1) is 10.6. The molecular formula is C16H22ClN5O. The quantitative estimate of drug-likeness (QED) is 0.901. The first-order valence-corrected chi connectivity index (χ1v) is 7.63. The zero-order chi connectivity index (χ0) is 15.5. The number of aromatic nitrogens is 3. The highest BCUT2D eigenvalue weighted by molar-refractivity contribution is 5.93. The van der Waals surface area contributed by atoms with Crippen molar-refractivity contribution in [2.45, 2.75) is 19.8 Å². The van der Waals surface area contributed by atoms with Crippen molar-refractivity contribution < 1.29 is 4.79 Å². The number of piperidine rings is 1. The highest BCUT2D eigenvalue weighted by Gasteiger charge is 2.21. The van der Waals surface area contributed by atoms with Crippen LogP contribution >= 0.6 is 12.4 Å². The molecule has 1 aliphatic rings. The molecule has 2 aromatic rings. The standard InChI is InChI=1S/C16H21N5O.ClH/c1-11-19-20-15(21(11)2)13-4-3-5-14(10-13)18-16(22)12-6-8-17-9-7-12;/h3-5,10,12,17H,6-9H2,1-2H3,(H,18,22);1H. The largest absolute Gasteiger partial charge is 0.326 e. The predicted octanol–water partition coefficient (Wildman–Crippen LogP) is 2.15. The van der Waals surface area contributed by atoms with Crippen LogP contribution in [0.3, 0.4) is 0 Å². The zero-order valence-corrected chi connectivity index (χ0v) is 14.2. The van der Waals surface area contributed by atoms with E-state index in [9.17, 15) is 4.79 Å². The maximum Gasteiger partial charge on any atom is 0.227 e. The van der Waals surface area contributed by atoms with Crippen molar-refractivity contribution >= 4 is 24.0 Å². The summed E-state index contributed by atoms with van der Waals surface area (Å²) in [5.41, 5.74) is 1.76. The predicted molar refractivity (Wildman–Crippen MR) is 92.6 cm³/mol. The smallest absolute Gasteiger partial charge is 0.227 e. The number of carbonyl (C=O) groups is 1. The molecule has 0 saturated carbocycles. The summed E-state index contributed by atoms with van der Waals surface area (Å²) in [5, 5.41) is 14.6. The number of benzene rings is 1. The summed E-state index contributed by atoms with van der Waals surface area (Å²) in [7, 11) is 1.94. The molecule has 3 rings (SSSR count). The van der Waals surface area contributed by atoms with Gasteiger partial charge >= 0.3 is 0 Å². The van der Waals surface area contributed by atoms with Crippen molar-refractivity contribution in [1.29, 1.82) is 0 Å². The number of halogens is 1. The van der Waals surface area contributed by atoms with Gasteiger partial charge in [-0.2, -0.15) is 0 Å². The molecule has 1 aromatic heterocycles. The van der Waals surface area contributed by atoms with E-state index in [0.29, 0.717) is 0 Å². The van der Waals surface area contributed by atoms with Crippen molar-refractivity contribution in [3.63, 3.8) is 0 Å². The van der Waals surface area contributed by atoms with Crippen molar-refractivity contribution in [2.75, 3.05) is 18.4 Å². The molecule has 0 atom stereocenters. The van der Waals surface area contributed by atoms with E-state index in [-0.39, 0.29) is 24.2 Å². The van der Waals surface area contributed by atoms with Crippen LogP contribution in [-0.2, 0) is 11.8 Å². The second kappa shape index (κ2) is 7.57. The molecule has 124 valence electrons. The number of nitrogens with zero attached hydrogens (tertiary/aromatic N) is 3. The van der Waals surface area contributed by atoms with Gasteiger partial charge in [0, 0.05) is 24.2 Å². The molecule has 1 saturated heterocycles. The van der Waals surface area contributed by atoms with E-state index in [0.717, 1.165) is 48.8 Å². The molecule has 2 heterocycles. The summed E-state index contributed by atoms with van der Waals surface area (Å²) >= 11 is 0. The molecule has 6 nitrogen and oxygen atoms in total. The lowest BCUT2D eigenvalue weighted by Gasteiger charge is -2.21. The summed E-state index contributed by atoms with van der Waals surface area (Å²) in [6, 6.07) is 7.76. The van der Waals surface area contributed by atoms with E-state index < -0.39 is 0 Å². The van der Waals surface area contributed by atoms with E-state index in [1.807, 2.05) is 42.8 Å². The molecule has 0 unspecified atom stereocenters. The van der Waals surface area contributed by atoms with Gasteiger partial charge in [0.05, 0.1) is 0 Å². The summed E-state index contributed by atoms with van der Waals surface area (Å²) < 4.78 is 1.94. The van der Waals surface area contributed by atoms with Crippen LogP contribution < -0.4 is 10.6 Å². The fraction of sp³-hybridized carbons (Fsp3) is 0.438. The lowest BCUT2D eigenvalue weighted by atomic mass is 9.97. The Morgan fingerprint density at radius 2 is 2.04 bits per heavy atom. The molecular weight excluding hydrogens is 314 g/mol. The maximum atomic E-state index is 12.3. The Bertz CT molecular complexity index is 679. The molecule has 1 amide bonds. The summed E-state index contributed by atoms with van der Waals surface area (Å²) in [6.07, 6.45) is 1.79. The number of nitrogens with one attached hydrogen (secondary N) is 2. The van der Waals surface area contributed by atoms with Crippen LogP contribution in [0.5, 0.6) is 0 Å². The number of rotatable bonds is 3. The molecule has 7 heteroatoms. The average molecular weight is 336 g/mol. The Labute approximate surface area is 142 Å². The van der Waals surface area contributed by atoms with Gasteiger partial charge in [0.25, 0.3) is 0 Å². The van der Waals surface area contributed by atoms with Gasteiger partial charge in [-0.15, -0.1) is 22.6 Å². The summed E-state index contributed by atoms with van der Waals surface area (Å²) in [4.78, 5) is 12.3. The molecule has 0 spiro atoms. The van der Waals surface area contributed by atoms with Crippen LogP contribution in [0, 0.1) is 12.8 Å². The first-order valence-electron chi connectivity index (χ1n) is 7.63. The van der Waals surface area contributed by atoms with Gasteiger partial charge < -0.3 is 15.2 Å². The highest BCUT2D eigenvalue weighted by Crippen LogP contribution is 2.22. The van der Waals surface area contributed by atoms with Crippen LogP contribution in [0.15, 0.2) is 24.3 Å². The maximum absolute atomic E-state index is 12.3. The van der Waals surface area contributed by atoms with E-state index in [1.165, 1.54) is 0 Å². The van der Waals surface area contributed by atoms with Crippen LogP contribution in [0.1, 0.15) is 18.7 Å². The second-order valence-corrected chi connectivity index (χ2v) is 5.72. The molecule has 23 heavy (non-hydrogen) atoms. The van der Waals surface area contributed by atoms with Crippen LogP contribution in [0.25, 0.3) is 11.4 Å². The lowest BCUT2D eigenvalue weighted by molar-refractivity contribution is -0.120. The molecule has 1 aromatic carbocycles. The highest BCUT2D eigenvalue weighted by atomic mass is 35.5. The van der Waals surface area contributed by atoms with Gasteiger partial charge in [-0.1, -0.05) is 12.1 Å². The van der Waals surface area contributed by atoms with Crippen LogP contribution in [0.2, 0.25) is 0 Å². The topological polar surface area (TPSA) is 71.8 Å². The van der Waals surface area contributed by atoms with Gasteiger partial charge in [0.15, 0.2) is 5.82 Å². The average Bonchev–Trinajstić information content (AvgIpc) is 2.88. The van der Waals surface area contributed by atoms with Gasteiger partial charge in [-0.05, 0) is 45.0 Å². The summed E-state index contributed by atoms with van der Waals surface area (Å²) in [5.74, 6) is 1.87. The van der Waals surface area contributed by atoms with Crippen molar-refractivity contribution in [1.82, 2.24) is 20.1 Å². The number of carbonyl (C=O) groups excluding carboxylic acids is 1. The fourth-order valence-electron chi connectivity index (χ4n) is 2.72. The number of anilines is 1. The Kier molecular flexibility index (Phi) is 5.74. The van der Waals surface area contributed by atoms with E-state index in [1.54, 1.807) is 0 Å². The minimum absolute atomic E-state index is 0. The number of aryl methyl sites for hydroxylation is 1. The van der Waals surface area contributed by atoms with Crippen molar-refractivity contribution in [3.8, 4) is 11.4 Å². The third kappa shape index (κ3) is 3.89. The lowest BCUT2D eigenvalue weighted by Crippen LogP contribution is -2.34. The Hall–Kier alpha value is -1.92. The SMILES string of the molecule is Cc1nnc(-c2cccc(NC(=O)C3CCNCC3)c2)n1C.Cl. The molecule has 1 fully saturated rings. The molecule has 0 aliphatic carbocycles. The minimum atomic E-state index is 0. The van der Waals surface area contributed by atoms with E-state index in [4.69, 9.17) is 0 Å². The first kappa shape index (κ1) is 17.4. The van der Waals surface area contributed by atoms with Gasteiger partial charge in [0.1, 0.15) is 5.82 Å². The monoisotopic (exact) mass is 335 g/mol. The van der Waals surface area contributed by atoms with Crippen molar-refractivity contribution in [2.24, 2.45) is 13.0 Å². The molecule has 2 N–H and O–H groups in total. The van der Waals surface area contributed by atoms with E-state index >= 15 is 0 Å². The van der Waals surface area contributed by atoms with Crippen LogP contribution in [0.4, 0.5) is 5.69 Å². The molecule has 0 bridgehead atoms. The van der Waals surface area contributed by atoms with Crippen molar-refractivity contribution in [3.05, 3.63) is 30.1 Å². The van der Waals surface area contributed by atoms with Gasteiger partial charge in [-0.25, -0.2) is 0 Å². The van der Waals surface area contributed by atoms with Gasteiger partial charge in [-0.3, -0.25) is 4.79 Å². The Morgan fingerprint density at radius 3 is 2.70 bits per heavy atom. The molecule has 1 aliphatic heterocycles. The zero-order valence-electron chi connectivity index (χ0n) is 13.4. The second-order valence-electron chi connectivity index (χ2n) is 5.72. The third-order valence-corrected chi connectivity index (χ3v) is 4.19. The number of amides is 1. The summed E-state index contributed by atoms with van der Waals surface area (Å²) in [6.45, 7) is 3.74.